The number of amides is 1. The zero-order valence-electron chi connectivity index (χ0n) is 14.0. The molecule has 0 aliphatic carbocycles. The number of hydrogen-bond acceptors (Lipinski definition) is 6. The van der Waals surface area contributed by atoms with Gasteiger partial charge in [0, 0.05) is 33.1 Å². The lowest BCUT2D eigenvalue weighted by molar-refractivity contribution is -0.120. The highest BCUT2D eigenvalue weighted by Gasteiger charge is 2.16. The van der Waals surface area contributed by atoms with Crippen molar-refractivity contribution in [3.05, 3.63) is 5.82 Å². The van der Waals surface area contributed by atoms with Crippen LogP contribution in [0.15, 0.2) is 0 Å². The Morgan fingerprint density at radius 2 is 1.62 bits per heavy atom. The van der Waals surface area contributed by atoms with Crippen LogP contribution in [0, 0.1) is 0 Å². The molecule has 118 valence electrons. The number of likely N-dealkylation sites (N-methyl/N-ethyl adjacent to an activating group) is 1. The second kappa shape index (κ2) is 7.19. The summed E-state index contributed by atoms with van der Waals surface area (Å²) in [4.78, 5) is 28.7. The number of rotatable bonds is 6. The quantitative estimate of drug-likeness (QED) is 0.844. The molecule has 1 aromatic rings. The van der Waals surface area contributed by atoms with Crippen molar-refractivity contribution >= 4 is 17.8 Å². The zero-order chi connectivity index (χ0) is 16.2. The van der Waals surface area contributed by atoms with Gasteiger partial charge in [-0.3, -0.25) is 4.79 Å². The van der Waals surface area contributed by atoms with E-state index in [0.717, 1.165) is 5.82 Å². The van der Waals surface area contributed by atoms with Gasteiger partial charge >= 0.3 is 0 Å². The highest BCUT2D eigenvalue weighted by molar-refractivity contribution is 5.80. The molecule has 0 unspecified atom stereocenters. The van der Waals surface area contributed by atoms with Crippen molar-refractivity contribution in [3.8, 4) is 0 Å². The van der Waals surface area contributed by atoms with Crippen molar-refractivity contribution in [2.45, 2.75) is 39.7 Å². The fourth-order valence-corrected chi connectivity index (χ4v) is 1.65. The van der Waals surface area contributed by atoms with Gasteiger partial charge in [-0.1, -0.05) is 13.8 Å². The molecule has 0 saturated carbocycles. The van der Waals surface area contributed by atoms with E-state index in [1.54, 1.807) is 11.9 Å². The molecule has 0 atom stereocenters. The maximum atomic E-state index is 11.8. The minimum atomic E-state index is -0.0505. The van der Waals surface area contributed by atoms with Gasteiger partial charge in [-0.2, -0.15) is 15.0 Å². The maximum absolute atomic E-state index is 11.8. The molecule has 0 radical (unpaired) electrons. The van der Waals surface area contributed by atoms with Crippen molar-refractivity contribution in [2.75, 3.05) is 37.5 Å². The van der Waals surface area contributed by atoms with E-state index in [1.807, 2.05) is 46.7 Å². The number of aromatic nitrogens is 3. The lowest BCUT2D eigenvalue weighted by atomic mass is 10.2. The van der Waals surface area contributed by atoms with Gasteiger partial charge in [0.2, 0.25) is 17.8 Å². The van der Waals surface area contributed by atoms with E-state index in [1.165, 1.54) is 0 Å². The van der Waals surface area contributed by atoms with E-state index >= 15 is 0 Å². The maximum Gasteiger partial charge on any atom is 0.239 e. The van der Waals surface area contributed by atoms with Crippen LogP contribution in [0.3, 0.4) is 0 Å². The first kappa shape index (κ1) is 17.1. The molecule has 0 spiro atoms. The summed E-state index contributed by atoms with van der Waals surface area (Å²) < 4.78 is 0. The molecule has 0 aliphatic rings. The highest BCUT2D eigenvalue weighted by Crippen LogP contribution is 2.16. The first-order chi connectivity index (χ1) is 9.70. The van der Waals surface area contributed by atoms with Crippen molar-refractivity contribution in [2.24, 2.45) is 0 Å². The van der Waals surface area contributed by atoms with Crippen molar-refractivity contribution in [1.29, 1.82) is 0 Å². The lowest BCUT2D eigenvalue weighted by Crippen LogP contribution is -2.39. The summed E-state index contributed by atoms with van der Waals surface area (Å²) >= 11 is 0. The Balaban J connectivity index is 2.97. The fourth-order valence-electron chi connectivity index (χ4n) is 1.65. The molecular formula is C14H26N6O. The zero-order valence-corrected chi connectivity index (χ0v) is 14.0. The van der Waals surface area contributed by atoms with Crippen molar-refractivity contribution in [3.63, 3.8) is 0 Å². The van der Waals surface area contributed by atoms with E-state index in [-0.39, 0.29) is 24.4 Å². The number of nitrogens with zero attached hydrogens (tertiary/aromatic N) is 5. The van der Waals surface area contributed by atoms with E-state index in [9.17, 15) is 4.79 Å². The van der Waals surface area contributed by atoms with Crippen LogP contribution < -0.4 is 15.1 Å². The van der Waals surface area contributed by atoms with E-state index < -0.39 is 0 Å². The Labute approximate surface area is 126 Å². The van der Waals surface area contributed by atoms with Crippen LogP contribution in [-0.4, -0.2) is 54.6 Å². The Morgan fingerprint density at radius 1 is 1.05 bits per heavy atom. The Morgan fingerprint density at radius 3 is 2.10 bits per heavy atom. The number of carbonyl (C=O) groups is 1. The molecule has 0 bridgehead atoms. The van der Waals surface area contributed by atoms with Crippen LogP contribution in [0.25, 0.3) is 0 Å². The van der Waals surface area contributed by atoms with Crippen LogP contribution >= 0.6 is 0 Å². The topological polar surface area (TPSA) is 74.2 Å². The van der Waals surface area contributed by atoms with E-state index in [2.05, 4.69) is 20.3 Å². The summed E-state index contributed by atoms with van der Waals surface area (Å²) in [5.41, 5.74) is 0. The van der Waals surface area contributed by atoms with Gasteiger partial charge in [-0.05, 0) is 13.8 Å². The third-order valence-electron chi connectivity index (χ3n) is 2.72. The summed E-state index contributed by atoms with van der Waals surface area (Å²) in [6.45, 7) is 8.14. The Bertz CT molecular complexity index is 460. The molecule has 1 rings (SSSR count). The average Bonchev–Trinajstić information content (AvgIpc) is 2.36. The van der Waals surface area contributed by atoms with Crippen LogP contribution in [0.4, 0.5) is 11.9 Å². The van der Waals surface area contributed by atoms with Crippen molar-refractivity contribution in [1.82, 2.24) is 20.3 Å². The molecule has 0 fully saturated rings. The number of hydrogen-bond donors (Lipinski definition) is 1. The Hall–Kier alpha value is -1.92. The normalized spacial score (nSPS) is 10.9. The smallest absolute Gasteiger partial charge is 0.239 e. The van der Waals surface area contributed by atoms with Crippen LogP contribution in [0.1, 0.15) is 39.4 Å². The SMILES string of the molecule is CC(C)NC(=O)CN(C)c1nc(C(C)C)nc(N(C)C)n1. The Kier molecular flexibility index (Phi) is 5.87. The largest absolute Gasteiger partial charge is 0.352 e. The highest BCUT2D eigenvalue weighted by atomic mass is 16.2. The standard InChI is InChI=1S/C14H26N6O/c1-9(2)12-16-13(19(5)6)18-14(17-12)20(7)8-11(21)15-10(3)4/h9-10H,8H2,1-7H3,(H,15,21). The molecule has 7 nitrogen and oxygen atoms in total. The van der Waals surface area contributed by atoms with Gasteiger partial charge in [-0.15, -0.1) is 0 Å². The third kappa shape index (κ3) is 5.17. The third-order valence-corrected chi connectivity index (χ3v) is 2.72. The molecule has 0 saturated heterocycles. The minimum Gasteiger partial charge on any atom is -0.352 e. The van der Waals surface area contributed by atoms with Gasteiger partial charge < -0.3 is 15.1 Å². The monoisotopic (exact) mass is 294 g/mol. The number of carbonyl (C=O) groups excluding carboxylic acids is 1. The number of nitrogens with one attached hydrogen (secondary N) is 1. The predicted molar refractivity (Wildman–Crippen MR) is 84.8 cm³/mol. The molecule has 1 amide bonds. The predicted octanol–water partition coefficient (Wildman–Crippen LogP) is 1.02. The molecule has 21 heavy (non-hydrogen) atoms. The second-order valence-corrected chi connectivity index (χ2v) is 5.92. The summed E-state index contributed by atoms with van der Waals surface area (Å²) in [5, 5.41) is 2.86. The summed E-state index contributed by atoms with van der Waals surface area (Å²) in [5.74, 6) is 1.98. The van der Waals surface area contributed by atoms with Crippen LogP contribution in [0.2, 0.25) is 0 Å². The molecule has 1 N–H and O–H groups in total. The van der Waals surface area contributed by atoms with Crippen LogP contribution in [0.5, 0.6) is 0 Å². The number of anilines is 2. The van der Waals surface area contributed by atoms with Gasteiger partial charge in [0.1, 0.15) is 5.82 Å². The lowest BCUT2D eigenvalue weighted by Gasteiger charge is -2.20. The average molecular weight is 294 g/mol. The molecule has 7 heteroatoms. The fraction of sp³-hybridized carbons (Fsp3) is 0.714. The van der Waals surface area contributed by atoms with E-state index in [4.69, 9.17) is 0 Å². The molecule has 0 aliphatic heterocycles. The summed E-state index contributed by atoms with van der Waals surface area (Å²) in [6.07, 6.45) is 0. The van der Waals surface area contributed by atoms with Gasteiger partial charge in [0.05, 0.1) is 6.54 Å². The van der Waals surface area contributed by atoms with Gasteiger partial charge in [0.15, 0.2) is 0 Å². The van der Waals surface area contributed by atoms with Crippen LogP contribution in [-0.2, 0) is 4.79 Å². The first-order valence-corrected chi connectivity index (χ1v) is 7.14. The minimum absolute atomic E-state index is 0.0505. The van der Waals surface area contributed by atoms with E-state index in [0.29, 0.717) is 11.9 Å². The first-order valence-electron chi connectivity index (χ1n) is 7.14. The van der Waals surface area contributed by atoms with Gasteiger partial charge in [0.25, 0.3) is 0 Å². The molecule has 1 aromatic heterocycles. The molecule has 1 heterocycles. The van der Waals surface area contributed by atoms with Crippen molar-refractivity contribution < 1.29 is 4.79 Å². The molecular weight excluding hydrogens is 268 g/mol. The molecule has 0 aromatic carbocycles. The summed E-state index contributed by atoms with van der Waals surface area (Å²) in [7, 11) is 5.57. The summed E-state index contributed by atoms with van der Waals surface area (Å²) in [6, 6.07) is 0.118. The van der Waals surface area contributed by atoms with Gasteiger partial charge in [-0.25, -0.2) is 0 Å². The second-order valence-electron chi connectivity index (χ2n) is 5.92.